The third-order valence-corrected chi connectivity index (χ3v) is 4.32. The lowest BCUT2D eigenvalue weighted by molar-refractivity contribution is -0.144. The fraction of sp³-hybridized carbons (Fsp3) is 0.417. The summed E-state index contributed by atoms with van der Waals surface area (Å²) in [6.07, 6.45) is 0. The third-order valence-electron chi connectivity index (χ3n) is 2.53. The maximum Gasteiger partial charge on any atom is 0.324 e. The number of rotatable bonds is 3. The Bertz CT molecular complexity index is 396. The van der Waals surface area contributed by atoms with Crippen LogP contribution in [-0.2, 0) is 9.53 Å². The van der Waals surface area contributed by atoms with Crippen molar-refractivity contribution in [3.63, 3.8) is 0 Å². The van der Waals surface area contributed by atoms with Crippen molar-refractivity contribution in [1.29, 1.82) is 0 Å². The molecular formula is C12H14BrNO2S. The highest BCUT2D eigenvalue weighted by Gasteiger charge is 2.31. The normalized spacial score (nSPS) is 23.6. The molecule has 1 fully saturated rings. The Balaban J connectivity index is 1.98. The number of benzene rings is 1. The molecule has 92 valence electrons. The first-order chi connectivity index (χ1) is 8.20. The number of ether oxygens (including phenoxy) is 1. The molecule has 2 atom stereocenters. The summed E-state index contributed by atoms with van der Waals surface area (Å²) < 4.78 is 6.07. The molecule has 1 aromatic carbocycles. The van der Waals surface area contributed by atoms with Crippen molar-refractivity contribution in [3.8, 4) is 0 Å². The fourth-order valence-electron chi connectivity index (χ4n) is 1.68. The summed E-state index contributed by atoms with van der Waals surface area (Å²) in [4.78, 5) is 11.6. The van der Waals surface area contributed by atoms with Crippen molar-refractivity contribution in [2.75, 3.05) is 12.4 Å². The molecule has 0 aromatic heterocycles. The van der Waals surface area contributed by atoms with E-state index in [9.17, 15) is 4.79 Å². The molecule has 0 unspecified atom stereocenters. The standard InChI is InChI=1S/C12H14BrNO2S/c1-2-16-12(15)10-7-17-11(14-10)8-3-5-9(13)6-4-8/h3-6,10-11,14H,2,7H2,1H3/t10-,11-/m0/s1. The number of halogens is 1. The number of hydrogen-bond donors (Lipinski definition) is 1. The second-order valence-electron chi connectivity index (χ2n) is 3.74. The Kier molecular flexibility index (Phi) is 4.48. The number of nitrogens with one attached hydrogen (secondary N) is 1. The fourth-order valence-corrected chi connectivity index (χ4v) is 3.17. The molecule has 0 saturated carbocycles. The molecule has 1 aliphatic rings. The number of esters is 1. The Morgan fingerprint density at radius 2 is 2.24 bits per heavy atom. The Morgan fingerprint density at radius 1 is 1.53 bits per heavy atom. The van der Waals surface area contributed by atoms with Gasteiger partial charge in [-0.05, 0) is 24.6 Å². The second kappa shape index (κ2) is 5.89. The van der Waals surface area contributed by atoms with E-state index in [1.165, 1.54) is 5.56 Å². The van der Waals surface area contributed by atoms with Crippen LogP contribution in [0.5, 0.6) is 0 Å². The van der Waals surface area contributed by atoms with Gasteiger partial charge < -0.3 is 4.74 Å². The van der Waals surface area contributed by atoms with Crippen LogP contribution in [0, 0.1) is 0 Å². The zero-order valence-corrected chi connectivity index (χ0v) is 11.9. The van der Waals surface area contributed by atoms with Gasteiger partial charge in [-0.2, -0.15) is 0 Å². The molecular weight excluding hydrogens is 302 g/mol. The van der Waals surface area contributed by atoms with Gasteiger partial charge in [0, 0.05) is 10.2 Å². The number of carbonyl (C=O) groups excluding carboxylic acids is 1. The summed E-state index contributed by atoms with van der Waals surface area (Å²) in [5, 5.41) is 3.46. The van der Waals surface area contributed by atoms with Crippen molar-refractivity contribution >= 4 is 33.7 Å². The predicted molar refractivity (Wildman–Crippen MR) is 72.9 cm³/mol. The molecule has 17 heavy (non-hydrogen) atoms. The van der Waals surface area contributed by atoms with E-state index in [0.717, 1.165) is 10.2 Å². The molecule has 0 bridgehead atoms. The van der Waals surface area contributed by atoms with Crippen LogP contribution < -0.4 is 5.32 Å². The van der Waals surface area contributed by atoms with Crippen molar-refractivity contribution in [1.82, 2.24) is 5.32 Å². The molecule has 0 aliphatic carbocycles. The van der Waals surface area contributed by atoms with Gasteiger partial charge in [0.15, 0.2) is 0 Å². The third kappa shape index (κ3) is 3.24. The minimum Gasteiger partial charge on any atom is -0.465 e. The SMILES string of the molecule is CCOC(=O)[C@@H]1CS[C@@H](c2ccc(Br)cc2)N1. The van der Waals surface area contributed by atoms with E-state index in [1.54, 1.807) is 11.8 Å². The van der Waals surface area contributed by atoms with E-state index in [4.69, 9.17) is 4.74 Å². The summed E-state index contributed by atoms with van der Waals surface area (Å²) in [6, 6.07) is 7.95. The van der Waals surface area contributed by atoms with Gasteiger partial charge in [0.2, 0.25) is 0 Å². The van der Waals surface area contributed by atoms with E-state index >= 15 is 0 Å². The molecule has 0 spiro atoms. The Morgan fingerprint density at radius 3 is 2.88 bits per heavy atom. The summed E-state index contributed by atoms with van der Waals surface area (Å²) in [5.41, 5.74) is 1.19. The number of carbonyl (C=O) groups is 1. The Hall–Kier alpha value is -0.520. The van der Waals surface area contributed by atoms with Gasteiger partial charge in [0.25, 0.3) is 0 Å². The van der Waals surface area contributed by atoms with Crippen LogP contribution in [0.4, 0.5) is 0 Å². The minimum atomic E-state index is -0.186. The van der Waals surface area contributed by atoms with Crippen molar-refractivity contribution in [2.24, 2.45) is 0 Å². The molecule has 0 radical (unpaired) electrons. The first-order valence-electron chi connectivity index (χ1n) is 5.50. The van der Waals surface area contributed by atoms with Crippen LogP contribution in [0.2, 0.25) is 0 Å². The summed E-state index contributed by atoms with van der Waals surface area (Å²) in [7, 11) is 0. The van der Waals surface area contributed by atoms with Gasteiger partial charge in [-0.15, -0.1) is 11.8 Å². The average Bonchev–Trinajstić information content (AvgIpc) is 2.80. The highest BCUT2D eigenvalue weighted by Crippen LogP contribution is 2.33. The Labute approximate surface area is 113 Å². The molecule has 1 aliphatic heterocycles. The smallest absolute Gasteiger partial charge is 0.324 e. The van der Waals surface area contributed by atoms with Crippen LogP contribution >= 0.6 is 27.7 Å². The molecule has 0 amide bonds. The lowest BCUT2D eigenvalue weighted by atomic mass is 10.2. The lowest BCUT2D eigenvalue weighted by Crippen LogP contribution is -2.35. The van der Waals surface area contributed by atoms with Gasteiger partial charge >= 0.3 is 5.97 Å². The predicted octanol–water partition coefficient (Wildman–Crippen LogP) is 2.72. The van der Waals surface area contributed by atoms with E-state index in [-0.39, 0.29) is 17.4 Å². The molecule has 1 aromatic rings. The second-order valence-corrected chi connectivity index (χ2v) is 5.79. The molecule has 1 N–H and O–H groups in total. The maximum atomic E-state index is 11.6. The van der Waals surface area contributed by atoms with Gasteiger partial charge in [0.05, 0.1) is 12.0 Å². The molecule has 2 rings (SSSR count). The first kappa shape index (κ1) is 12.9. The topological polar surface area (TPSA) is 38.3 Å². The average molecular weight is 316 g/mol. The lowest BCUT2D eigenvalue weighted by Gasteiger charge is -2.12. The highest BCUT2D eigenvalue weighted by atomic mass is 79.9. The molecule has 3 nitrogen and oxygen atoms in total. The summed E-state index contributed by atoms with van der Waals surface area (Å²) in [5.74, 6) is 0.610. The van der Waals surface area contributed by atoms with E-state index in [1.807, 2.05) is 19.1 Å². The summed E-state index contributed by atoms with van der Waals surface area (Å²) >= 11 is 5.14. The van der Waals surface area contributed by atoms with Gasteiger partial charge in [0.1, 0.15) is 6.04 Å². The van der Waals surface area contributed by atoms with Crippen LogP contribution in [0.3, 0.4) is 0 Å². The van der Waals surface area contributed by atoms with E-state index in [2.05, 4.69) is 33.4 Å². The number of thioether (sulfide) groups is 1. The van der Waals surface area contributed by atoms with Gasteiger partial charge in [-0.1, -0.05) is 28.1 Å². The van der Waals surface area contributed by atoms with E-state index in [0.29, 0.717) is 6.61 Å². The minimum absolute atomic E-state index is 0.153. The quantitative estimate of drug-likeness (QED) is 0.870. The molecule has 5 heteroatoms. The van der Waals surface area contributed by atoms with Crippen molar-refractivity contribution < 1.29 is 9.53 Å². The van der Waals surface area contributed by atoms with Crippen molar-refractivity contribution in [2.45, 2.75) is 18.3 Å². The zero-order chi connectivity index (χ0) is 12.3. The molecule has 1 heterocycles. The van der Waals surface area contributed by atoms with Gasteiger partial charge in [-0.25, -0.2) is 0 Å². The largest absolute Gasteiger partial charge is 0.465 e. The van der Waals surface area contributed by atoms with Gasteiger partial charge in [-0.3, -0.25) is 10.1 Å². The zero-order valence-electron chi connectivity index (χ0n) is 9.48. The molecule has 1 saturated heterocycles. The summed E-state index contributed by atoms with van der Waals surface area (Å²) in [6.45, 7) is 2.26. The van der Waals surface area contributed by atoms with Crippen LogP contribution in [0.15, 0.2) is 28.7 Å². The van der Waals surface area contributed by atoms with Crippen LogP contribution in [0.25, 0.3) is 0 Å². The van der Waals surface area contributed by atoms with Crippen LogP contribution in [0.1, 0.15) is 17.9 Å². The van der Waals surface area contributed by atoms with Crippen LogP contribution in [-0.4, -0.2) is 24.4 Å². The monoisotopic (exact) mass is 315 g/mol. The first-order valence-corrected chi connectivity index (χ1v) is 7.34. The number of hydrogen-bond acceptors (Lipinski definition) is 4. The van der Waals surface area contributed by atoms with E-state index < -0.39 is 0 Å². The highest BCUT2D eigenvalue weighted by molar-refractivity contribution is 9.10. The van der Waals surface area contributed by atoms with Crippen molar-refractivity contribution in [3.05, 3.63) is 34.3 Å². The maximum absolute atomic E-state index is 11.6.